The lowest BCUT2D eigenvalue weighted by molar-refractivity contribution is -0.146. The van der Waals surface area contributed by atoms with Crippen LogP contribution in [-0.2, 0) is 31.9 Å². The van der Waals surface area contributed by atoms with Crippen LogP contribution in [0.4, 0.5) is 0 Å². The molecule has 0 saturated carbocycles. The van der Waals surface area contributed by atoms with Crippen molar-refractivity contribution in [1.29, 1.82) is 0 Å². The quantitative estimate of drug-likeness (QED) is 0.0527. The van der Waals surface area contributed by atoms with E-state index in [0.29, 0.717) is 36.2 Å². The molecule has 2 N–H and O–H groups in total. The third kappa shape index (κ3) is 17.2. The summed E-state index contributed by atoms with van der Waals surface area (Å²) in [5.41, 5.74) is 6.57. The van der Waals surface area contributed by atoms with Gasteiger partial charge < -0.3 is 38.6 Å². The van der Waals surface area contributed by atoms with Crippen LogP contribution >= 0.6 is 0 Å². The van der Waals surface area contributed by atoms with Crippen LogP contribution in [-0.4, -0.2) is 75.0 Å². The lowest BCUT2D eigenvalue weighted by atomic mass is 10.0. The van der Waals surface area contributed by atoms with E-state index in [1.165, 1.54) is 49.7 Å². The molecule has 0 unspecified atom stereocenters. The number of carbonyl (C=O) groups is 2. The molecular weight excluding hydrogens is 712 g/mol. The Labute approximate surface area is 332 Å². The van der Waals surface area contributed by atoms with E-state index in [0.717, 1.165) is 35.1 Å². The molecule has 0 aliphatic rings. The number of unbranched alkanes of at least 4 members (excludes halogenated alkanes) is 4. The summed E-state index contributed by atoms with van der Waals surface area (Å²) in [6.07, 6.45) is 9.49. The van der Waals surface area contributed by atoms with Crippen LogP contribution in [0.5, 0.6) is 23.0 Å². The fourth-order valence-corrected chi connectivity index (χ4v) is 5.71. The van der Waals surface area contributed by atoms with Crippen LogP contribution in [0.2, 0.25) is 0 Å². The van der Waals surface area contributed by atoms with Crippen LogP contribution < -0.4 is 18.9 Å². The van der Waals surface area contributed by atoms with Gasteiger partial charge in [0.15, 0.2) is 13.2 Å². The number of benzene rings is 4. The van der Waals surface area contributed by atoms with Crippen molar-refractivity contribution in [3.63, 3.8) is 0 Å². The molecule has 0 atom stereocenters. The number of rotatable bonds is 24. The summed E-state index contributed by atoms with van der Waals surface area (Å²) in [6, 6.07) is 27.9. The topological polar surface area (TPSA) is 130 Å². The normalized spacial score (nSPS) is 10.5. The van der Waals surface area contributed by atoms with Gasteiger partial charge in [-0.3, -0.25) is 0 Å². The predicted molar refractivity (Wildman–Crippen MR) is 220 cm³/mol. The summed E-state index contributed by atoms with van der Waals surface area (Å²) in [4.78, 5) is 23.3. The van der Waals surface area contributed by atoms with Gasteiger partial charge in [0.2, 0.25) is 0 Å². The zero-order valence-corrected chi connectivity index (χ0v) is 33.6. The molecule has 4 aromatic rings. The molecule has 0 bridgehead atoms. The van der Waals surface area contributed by atoms with Crippen molar-refractivity contribution in [2.24, 2.45) is 0 Å². The lowest BCUT2D eigenvalue weighted by Gasteiger charge is -2.13. The van der Waals surface area contributed by atoms with Crippen molar-refractivity contribution in [2.75, 3.05) is 52.9 Å². The zero-order valence-electron chi connectivity index (χ0n) is 33.6. The van der Waals surface area contributed by atoms with Crippen molar-refractivity contribution < 1.29 is 48.2 Å². The number of hydrogen-bond donors (Lipinski definition) is 2. The predicted octanol–water partition coefficient (Wildman–Crippen LogP) is 8.80. The first-order valence-corrected chi connectivity index (χ1v) is 19.8. The smallest absolute Gasteiger partial charge is 0.344 e. The van der Waals surface area contributed by atoms with Gasteiger partial charge in [0, 0.05) is 12.1 Å². The molecule has 0 aliphatic heterocycles. The molecule has 0 heterocycles. The second kappa shape index (κ2) is 26.7. The van der Waals surface area contributed by atoms with Gasteiger partial charge in [0.25, 0.3) is 0 Å². The molecule has 0 radical (unpaired) electrons. The van der Waals surface area contributed by atoms with Gasteiger partial charge in [0.05, 0.1) is 26.4 Å². The SMILES string of the molecule is CCCCCc1ccc(-c2cc(OCC(=O)OCC)cc(OCC(=O)OCC)c2)cc1.CCCCCc1ccc(-c2cc(OCCO)cc(OCCO)c2)cc1. The Morgan fingerprint density at radius 2 is 0.821 bits per heavy atom. The highest BCUT2D eigenvalue weighted by atomic mass is 16.6. The fraction of sp³-hybridized carbons (Fsp3) is 0.435. The molecule has 0 saturated heterocycles. The summed E-state index contributed by atoms with van der Waals surface area (Å²) >= 11 is 0. The summed E-state index contributed by atoms with van der Waals surface area (Å²) in [5.74, 6) is 1.31. The van der Waals surface area contributed by atoms with E-state index in [1.54, 1.807) is 26.0 Å². The number of aliphatic hydroxyl groups is 2. The van der Waals surface area contributed by atoms with Gasteiger partial charge in [-0.1, -0.05) is 88.1 Å². The molecule has 0 amide bonds. The first-order valence-electron chi connectivity index (χ1n) is 19.8. The average Bonchev–Trinajstić information content (AvgIpc) is 3.21. The summed E-state index contributed by atoms with van der Waals surface area (Å²) in [5, 5.41) is 17.9. The molecule has 0 spiro atoms. The second-order valence-corrected chi connectivity index (χ2v) is 13.0. The highest BCUT2D eigenvalue weighted by Crippen LogP contribution is 2.32. The van der Waals surface area contributed by atoms with E-state index in [4.69, 9.17) is 38.6 Å². The Hall–Kier alpha value is -5.06. The van der Waals surface area contributed by atoms with Crippen molar-refractivity contribution in [3.05, 3.63) is 96.1 Å². The Balaban J connectivity index is 0.000000307. The van der Waals surface area contributed by atoms with Crippen molar-refractivity contribution in [2.45, 2.75) is 79.1 Å². The maximum atomic E-state index is 11.6. The summed E-state index contributed by atoms with van der Waals surface area (Å²) in [6.45, 7) is 8.47. The molecular formula is C46H60O10. The number of esters is 2. The van der Waals surface area contributed by atoms with E-state index >= 15 is 0 Å². The maximum Gasteiger partial charge on any atom is 0.344 e. The second-order valence-electron chi connectivity index (χ2n) is 13.0. The molecule has 0 aliphatic carbocycles. The fourth-order valence-electron chi connectivity index (χ4n) is 5.71. The number of aryl methyl sites for hydroxylation is 2. The van der Waals surface area contributed by atoms with Gasteiger partial charge in [-0.15, -0.1) is 0 Å². The van der Waals surface area contributed by atoms with Gasteiger partial charge in [-0.2, -0.15) is 0 Å². The molecule has 4 aromatic carbocycles. The molecule has 0 fully saturated rings. The minimum atomic E-state index is -0.446. The molecule has 10 nitrogen and oxygen atoms in total. The first-order chi connectivity index (χ1) is 27.3. The van der Waals surface area contributed by atoms with Gasteiger partial charge in [-0.05, 0) is 97.2 Å². The molecule has 304 valence electrons. The first kappa shape index (κ1) is 45.3. The van der Waals surface area contributed by atoms with E-state index in [2.05, 4.69) is 62.4 Å². The average molecular weight is 773 g/mol. The van der Waals surface area contributed by atoms with Crippen molar-refractivity contribution in [3.8, 4) is 45.3 Å². The molecule has 10 heteroatoms. The van der Waals surface area contributed by atoms with Gasteiger partial charge in [-0.25, -0.2) is 9.59 Å². The molecule has 0 aromatic heterocycles. The van der Waals surface area contributed by atoms with Gasteiger partial charge >= 0.3 is 11.9 Å². The highest BCUT2D eigenvalue weighted by Gasteiger charge is 2.11. The molecule has 56 heavy (non-hydrogen) atoms. The zero-order chi connectivity index (χ0) is 40.4. The highest BCUT2D eigenvalue weighted by molar-refractivity contribution is 5.73. The van der Waals surface area contributed by atoms with Crippen LogP contribution in [0, 0.1) is 0 Å². The minimum Gasteiger partial charge on any atom is -0.491 e. The standard InChI is InChI=1S/C25H32O6.C21H28O4/c1-4-7-8-9-19-10-12-20(13-11-19)21-14-22(30-17-24(26)28-5-2)16-23(15-21)31-18-25(27)29-6-3;1-2-3-4-5-17-6-8-18(9-7-17)19-14-20(24-12-10-22)16-21(15-19)25-13-11-23/h10-16H,4-9,17-18H2,1-3H3;6-9,14-16,22-23H,2-5,10-13H2,1H3. The van der Waals surface area contributed by atoms with Gasteiger partial charge in [0.1, 0.15) is 36.2 Å². The number of carbonyl (C=O) groups excluding carboxylic acids is 2. The Morgan fingerprint density at radius 1 is 0.464 bits per heavy atom. The van der Waals surface area contributed by atoms with Crippen LogP contribution in [0.25, 0.3) is 22.3 Å². The van der Waals surface area contributed by atoms with Crippen molar-refractivity contribution in [1.82, 2.24) is 0 Å². The number of aliphatic hydroxyl groups excluding tert-OH is 2. The lowest BCUT2D eigenvalue weighted by Crippen LogP contribution is -2.15. The number of ether oxygens (including phenoxy) is 6. The summed E-state index contributed by atoms with van der Waals surface area (Å²) in [7, 11) is 0. The van der Waals surface area contributed by atoms with Crippen molar-refractivity contribution >= 4 is 11.9 Å². The summed E-state index contributed by atoms with van der Waals surface area (Å²) < 4.78 is 32.1. The van der Waals surface area contributed by atoms with E-state index in [-0.39, 0.29) is 39.6 Å². The van der Waals surface area contributed by atoms with E-state index < -0.39 is 11.9 Å². The third-order valence-electron chi connectivity index (χ3n) is 8.52. The Kier molecular flexibility index (Phi) is 21.6. The largest absolute Gasteiger partial charge is 0.491 e. The van der Waals surface area contributed by atoms with E-state index in [9.17, 15) is 9.59 Å². The number of hydrogen-bond acceptors (Lipinski definition) is 10. The maximum absolute atomic E-state index is 11.6. The van der Waals surface area contributed by atoms with Crippen LogP contribution in [0.3, 0.4) is 0 Å². The van der Waals surface area contributed by atoms with E-state index in [1.807, 2.05) is 24.3 Å². The molecule has 4 rings (SSSR count). The van der Waals surface area contributed by atoms with Crippen LogP contribution in [0.15, 0.2) is 84.9 Å². The Morgan fingerprint density at radius 3 is 1.14 bits per heavy atom. The Bertz CT molecular complexity index is 1640. The minimum absolute atomic E-state index is 0.0382. The monoisotopic (exact) mass is 772 g/mol. The van der Waals surface area contributed by atoms with Crippen LogP contribution in [0.1, 0.15) is 77.3 Å². The third-order valence-corrected chi connectivity index (χ3v) is 8.52.